The average molecular weight is 764 g/mol. The van der Waals surface area contributed by atoms with Gasteiger partial charge in [0.2, 0.25) is 0 Å². The highest BCUT2D eigenvalue weighted by molar-refractivity contribution is 7.26. The maximum atomic E-state index is 11.7. The molecule has 9 rings (SSSR count). The second-order valence-electron chi connectivity index (χ2n) is 20.3. The number of thiophene rings is 1. The molecule has 4 heteroatoms. The molecule has 0 radical (unpaired) electrons. The molecule has 0 spiro atoms. The van der Waals surface area contributed by atoms with Gasteiger partial charge in [0.1, 0.15) is 11.6 Å². The highest BCUT2D eigenvalue weighted by Crippen LogP contribution is 2.47. The van der Waals surface area contributed by atoms with Crippen molar-refractivity contribution >= 4 is 75.1 Å². The van der Waals surface area contributed by atoms with E-state index >= 15 is 0 Å². The van der Waals surface area contributed by atoms with Gasteiger partial charge in [-0.1, -0.05) is 126 Å². The first kappa shape index (κ1) is 37.2. The molecule has 3 heterocycles. The van der Waals surface area contributed by atoms with Gasteiger partial charge in [-0.25, -0.2) is 0 Å². The fourth-order valence-corrected chi connectivity index (χ4v) is 9.92. The molecular formula is C53H53N3S. The highest BCUT2D eigenvalue weighted by Gasteiger charge is 2.28. The fourth-order valence-electron chi connectivity index (χ4n) is 8.78. The molecule has 57 heavy (non-hydrogen) atoms. The first-order valence-electron chi connectivity index (χ1n) is 20.3. The van der Waals surface area contributed by atoms with E-state index in [-0.39, 0.29) is 21.7 Å². The van der Waals surface area contributed by atoms with Crippen LogP contribution in [-0.4, -0.2) is 9.13 Å². The Balaban J connectivity index is 1.49. The van der Waals surface area contributed by atoms with E-state index in [0.29, 0.717) is 5.56 Å². The maximum Gasteiger partial charge on any atom is 0.104 e. The standard InChI is InChI=1S/C53H53N3S/c1-50(2,3)31-17-21-41-36(25-31)37-26-32(51(4,5)6)18-22-42(37)55(41)45-29-47-48(35-15-13-14-16-46(35)57-47)49(40(45)30-54)56-43-23-19-33(52(7,8)9)27-38(43)39-28-34(53(10,11)12)20-24-44(39)56/h13-29H,1-12H3. The van der Waals surface area contributed by atoms with E-state index < -0.39 is 0 Å². The Labute approximate surface area is 341 Å². The van der Waals surface area contributed by atoms with Crippen molar-refractivity contribution in [3.63, 3.8) is 0 Å². The van der Waals surface area contributed by atoms with E-state index in [2.05, 4.69) is 201 Å². The Morgan fingerprint density at radius 1 is 0.439 bits per heavy atom. The fraction of sp³-hybridized carbons (Fsp3) is 0.302. The maximum absolute atomic E-state index is 11.7. The normalized spacial score (nSPS) is 13.2. The molecule has 0 aliphatic rings. The van der Waals surface area contributed by atoms with E-state index in [4.69, 9.17) is 0 Å². The van der Waals surface area contributed by atoms with Gasteiger partial charge in [-0.15, -0.1) is 11.3 Å². The molecular weight excluding hydrogens is 711 g/mol. The molecule has 0 aliphatic heterocycles. The second-order valence-corrected chi connectivity index (χ2v) is 21.4. The molecule has 0 saturated heterocycles. The van der Waals surface area contributed by atoms with Gasteiger partial charge in [0, 0.05) is 41.7 Å². The number of hydrogen-bond donors (Lipinski definition) is 0. The zero-order valence-corrected chi connectivity index (χ0v) is 36.4. The van der Waals surface area contributed by atoms with Gasteiger partial charge >= 0.3 is 0 Å². The molecule has 0 aliphatic carbocycles. The number of aromatic nitrogens is 2. The van der Waals surface area contributed by atoms with Crippen LogP contribution in [0.4, 0.5) is 0 Å². The molecule has 3 aromatic heterocycles. The first-order chi connectivity index (χ1) is 26.8. The lowest BCUT2D eigenvalue weighted by molar-refractivity contribution is 0.590. The Bertz CT molecular complexity index is 3020. The Morgan fingerprint density at radius 2 is 0.825 bits per heavy atom. The number of hydrogen-bond acceptors (Lipinski definition) is 2. The molecule has 0 unspecified atom stereocenters. The van der Waals surface area contributed by atoms with Crippen LogP contribution >= 0.6 is 11.3 Å². The monoisotopic (exact) mass is 763 g/mol. The summed E-state index contributed by atoms with van der Waals surface area (Å²) in [5.41, 5.74) is 12.1. The van der Waals surface area contributed by atoms with E-state index in [1.165, 1.54) is 58.6 Å². The molecule has 3 nitrogen and oxygen atoms in total. The summed E-state index contributed by atoms with van der Waals surface area (Å²) in [6, 6.07) is 41.7. The van der Waals surface area contributed by atoms with Crippen LogP contribution in [0.1, 0.15) is 111 Å². The molecule has 0 fully saturated rings. The van der Waals surface area contributed by atoms with Crippen LogP contribution in [0.3, 0.4) is 0 Å². The third-order valence-electron chi connectivity index (χ3n) is 12.2. The molecule has 0 N–H and O–H groups in total. The van der Waals surface area contributed by atoms with E-state index in [9.17, 15) is 5.26 Å². The highest BCUT2D eigenvalue weighted by atomic mass is 32.1. The molecule has 286 valence electrons. The van der Waals surface area contributed by atoms with Gasteiger partial charge in [-0.05, 0) is 105 Å². The minimum atomic E-state index is -0.0188. The first-order valence-corrected chi connectivity index (χ1v) is 21.1. The molecule has 6 aromatic carbocycles. The van der Waals surface area contributed by atoms with Crippen molar-refractivity contribution in [3.05, 3.63) is 131 Å². The third-order valence-corrected chi connectivity index (χ3v) is 13.3. The summed E-state index contributed by atoms with van der Waals surface area (Å²) in [5, 5.41) is 18.8. The van der Waals surface area contributed by atoms with E-state index in [0.717, 1.165) is 38.8 Å². The van der Waals surface area contributed by atoms with Gasteiger partial charge in [0.05, 0.1) is 33.4 Å². The summed E-state index contributed by atoms with van der Waals surface area (Å²) in [7, 11) is 0. The number of fused-ring (bicyclic) bond motifs is 9. The van der Waals surface area contributed by atoms with Crippen molar-refractivity contribution in [2.24, 2.45) is 0 Å². The summed E-state index contributed by atoms with van der Waals surface area (Å²) < 4.78 is 7.17. The van der Waals surface area contributed by atoms with E-state index in [1.807, 2.05) is 11.3 Å². The second kappa shape index (κ2) is 12.3. The molecule has 9 aromatic rings. The Hall–Kier alpha value is -5.37. The number of rotatable bonds is 2. The lowest BCUT2D eigenvalue weighted by Gasteiger charge is -2.21. The topological polar surface area (TPSA) is 33.6 Å². The molecule has 0 atom stereocenters. The van der Waals surface area contributed by atoms with Crippen molar-refractivity contribution in [3.8, 4) is 17.4 Å². The van der Waals surface area contributed by atoms with Crippen LogP contribution < -0.4 is 0 Å². The lowest BCUT2D eigenvalue weighted by Crippen LogP contribution is -2.10. The summed E-state index contributed by atoms with van der Waals surface area (Å²) >= 11 is 1.81. The van der Waals surface area contributed by atoms with Crippen molar-refractivity contribution in [2.75, 3.05) is 0 Å². The predicted octanol–water partition coefficient (Wildman–Crippen LogP) is 15.3. The van der Waals surface area contributed by atoms with Gasteiger partial charge in [0.15, 0.2) is 0 Å². The smallest absolute Gasteiger partial charge is 0.104 e. The van der Waals surface area contributed by atoms with Gasteiger partial charge in [-0.3, -0.25) is 0 Å². The van der Waals surface area contributed by atoms with Gasteiger partial charge < -0.3 is 9.13 Å². The number of benzene rings is 6. The molecule has 0 amide bonds. The van der Waals surface area contributed by atoms with Gasteiger partial charge in [-0.2, -0.15) is 5.26 Å². The lowest BCUT2D eigenvalue weighted by atomic mass is 9.85. The summed E-state index contributed by atoms with van der Waals surface area (Å²) in [4.78, 5) is 0. The summed E-state index contributed by atoms with van der Waals surface area (Å²) in [6.45, 7) is 27.4. The predicted molar refractivity (Wildman–Crippen MR) is 248 cm³/mol. The van der Waals surface area contributed by atoms with Crippen LogP contribution in [0, 0.1) is 11.3 Å². The largest absolute Gasteiger partial charge is 0.308 e. The third kappa shape index (κ3) is 5.80. The Kier molecular flexibility index (Phi) is 8.04. The van der Waals surface area contributed by atoms with Crippen molar-refractivity contribution in [2.45, 2.75) is 105 Å². The van der Waals surface area contributed by atoms with Crippen LogP contribution in [0.2, 0.25) is 0 Å². The quantitative estimate of drug-likeness (QED) is 0.173. The minimum Gasteiger partial charge on any atom is -0.308 e. The average Bonchev–Trinajstić information content (AvgIpc) is 3.79. The van der Waals surface area contributed by atoms with Crippen molar-refractivity contribution < 1.29 is 0 Å². The summed E-state index contributed by atoms with van der Waals surface area (Å²) in [6.07, 6.45) is 0. The molecule has 0 bridgehead atoms. The number of nitrogens with zero attached hydrogens (tertiary/aromatic N) is 3. The number of nitriles is 1. The summed E-state index contributed by atoms with van der Waals surface area (Å²) in [5.74, 6) is 0. The van der Waals surface area contributed by atoms with Crippen molar-refractivity contribution in [1.82, 2.24) is 9.13 Å². The van der Waals surface area contributed by atoms with Crippen LogP contribution in [0.5, 0.6) is 0 Å². The zero-order chi connectivity index (χ0) is 40.6. The van der Waals surface area contributed by atoms with Crippen LogP contribution in [0.25, 0.3) is 75.2 Å². The minimum absolute atomic E-state index is 0.0124. The zero-order valence-electron chi connectivity index (χ0n) is 35.6. The van der Waals surface area contributed by atoms with Crippen LogP contribution in [0.15, 0.2) is 103 Å². The SMILES string of the molecule is CC(C)(C)c1ccc2c(c1)c1cc(C(C)(C)C)ccc1n2-c1cc2sc3ccccc3c2c(-n2c3ccc(C(C)(C)C)cc3c3cc(C(C)(C)C)ccc32)c1C#N. The molecule has 0 saturated carbocycles. The van der Waals surface area contributed by atoms with E-state index in [1.54, 1.807) is 0 Å². The Morgan fingerprint density at radius 3 is 1.21 bits per heavy atom. The van der Waals surface area contributed by atoms with Crippen molar-refractivity contribution in [1.29, 1.82) is 5.26 Å². The van der Waals surface area contributed by atoms with Crippen LogP contribution in [-0.2, 0) is 21.7 Å². The van der Waals surface area contributed by atoms with Gasteiger partial charge in [0.25, 0.3) is 0 Å².